The summed E-state index contributed by atoms with van der Waals surface area (Å²) in [5.74, 6) is 0.438. The van der Waals surface area contributed by atoms with Crippen LogP contribution in [0.15, 0.2) is 30.6 Å². The highest BCUT2D eigenvalue weighted by atomic mass is 35.5. The maximum atomic E-state index is 5.86. The minimum absolute atomic E-state index is 0.438. The fraction of sp³-hybridized carbons (Fsp3) is 0. The second-order valence-electron chi connectivity index (χ2n) is 3.12. The van der Waals surface area contributed by atoms with Crippen LogP contribution in [0.3, 0.4) is 0 Å². The quantitative estimate of drug-likeness (QED) is 0.865. The highest BCUT2D eigenvalue weighted by Crippen LogP contribution is 2.23. The van der Waals surface area contributed by atoms with Gasteiger partial charge in [0.05, 0.1) is 18.1 Å². The maximum Gasteiger partial charge on any atom is 0.227 e. The van der Waals surface area contributed by atoms with E-state index < -0.39 is 0 Å². The van der Waals surface area contributed by atoms with E-state index in [9.17, 15) is 0 Å². The molecule has 0 fully saturated rings. The van der Waals surface area contributed by atoms with E-state index in [1.807, 2.05) is 0 Å². The van der Waals surface area contributed by atoms with E-state index in [-0.39, 0.29) is 0 Å². The molecule has 2 rings (SSSR count). The first-order valence-electron chi connectivity index (χ1n) is 4.44. The maximum absolute atomic E-state index is 5.86. The zero-order valence-corrected chi connectivity index (χ0v) is 9.63. The fourth-order valence-electron chi connectivity index (χ4n) is 1.16. The van der Waals surface area contributed by atoms with Gasteiger partial charge in [-0.15, -0.1) is 0 Å². The van der Waals surface area contributed by atoms with Gasteiger partial charge in [-0.1, -0.05) is 23.2 Å². The number of rotatable bonds is 2. The summed E-state index contributed by atoms with van der Waals surface area (Å²) in [7, 11) is 0. The molecule has 3 N–H and O–H groups in total. The van der Waals surface area contributed by atoms with E-state index in [0.29, 0.717) is 21.7 Å². The van der Waals surface area contributed by atoms with Crippen LogP contribution in [-0.2, 0) is 0 Å². The minimum Gasteiger partial charge on any atom is -0.396 e. The number of halogens is 2. The lowest BCUT2D eigenvalue weighted by atomic mass is 10.3. The van der Waals surface area contributed by atoms with Crippen molar-refractivity contribution in [3.63, 3.8) is 0 Å². The summed E-state index contributed by atoms with van der Waals surface area (Å²) in [6.07, 6.45) is 3.03. The van der Waals surface area contributed by atoms with Crippen LogP contribution in [-0.4, -0.2) is 9.97 Å². The molecule has 0 aliphatic rings. The zero-order valence-electron chi connectivity index (χ0n) is 8.11. The Hall–Kier alpha value is -1.52. The number of aromatic nitrogens is 2. The van der Waals surface area contributed by atoms with Gasteiger partial charge < -0.3 is 11.1 Å². The number of nitrogens with two attached hydrogens (primary N) is 1. The molecule has 1 aromatic heterocycles. The Morgan fingerprint density at radius 2 is 1.56 bits per heavy atom. The van der Waals surface area contributed by atoms with Crippen LogP contribution >= 0.6 is 23.2 Å². The predicted molar refractivity (Wildman–Crippen MR) is 66.2 cm³/mol. The number of nitrogens with one attached hydrogen (secondary N) is 1. The van der Waals surface area contributed by atoms with E-state index in [1.165, 1.54) is 12.4 Å². The molecule has 4 nitrogen and oxygen atoms in total. The predicted octanol–water partition coefficient (Wildman–Crippen LogP) is 3.11. The van der Waals surface area contributed by atoms with Crippen LogP contribution in [0.1, 0.15) is 0 Å². The first-order chi connectivity index (χ1) is 7.63. The van der Waals surface area contributed by atoms with E-state index in [1.54, 1.807) is 18.2 Å². The summed E-state index contributed by atoms with van der Waals surface area (Å²) < 4.78 is 0. The van der Waals surface area contributed by atoms with Crippen molar-refractivity contribution in [3.05, 3.63) is 40.6 Å². The second kappa shape index (κ2) is 4.55. The third kappa shape index (κ3) is 2.74. The molecule has 0 amide bonds. The molecule has 2 aromatic rings. The average molecular weight is 255 g/mol. The third-order valence-electron chi connectivity index (χ3n) is 1.79. The highest BCUT2D eigenvalue weighted by Gasteiger charge is 2.00. The topological polar surface area (TPSA) is 63.8 Å². The van der Waals surface area contributed by atoms with Gasteiger partial charge in [-0.2, -0.15) is 0 Å². The van der Waals surface area contributed by atoms with Crippen LogP contribution in [0.2, 0.25) is 10.0 Å². The molecule has 0 spiro atoms. The fourth-order valence-corrected chi connectivity index (χ4v) is 1.68. The van der Waals surface area contributed by atoms with Gasteiger partial charge in [0.25, 0.3) is 0 Å². The molecule has 1 aromatic carbocycles. The smallest absolute Gasteiger partial charge is 0.227 e. The molecule has 0 aliphatic carbocycles. The van der Waals surface area contributed by atoms with Crippen molar-refractivity contribution in [2.75, 3.05) is 11.1 Å². The molecule has 0 unspecified atom stereocenters. The molecule has 1 heterocycles. The van der Waals surface area contributed by atoms with Crippen LogP contribution in [0.4, 0.5) is 17.3 Å². The van der Waals surface area contributed by atoms with Crippen molar-refractivity contribution in [2.24, 2.45) is 0 Å². The van der Waals surface area contributed by atoms with Crippen molar-refractivity contribution in [1.29, 1.82) is 0 Å². The summed E-state index contributed by atoms with van der Waals surface area (Å²) in [5.41, 5.74) is 6.71. The van der Waals surface area contributed by atoms with E-state index in [4.69, 9.17) is 28.9 Å². The Balaban J connectivity index is 2.23. The van der Waals surface area contributed by atoms with Gasteiger partial charge in [-0.3, -0.25) is 0 Å². The molecule has 16 heavy (non-hydrogen) atoms. The van der Waals surface area contributed by atoms with Crippen LogP contribution < -0.4 is 11.1 Å². The van der Waals surface area contributed by atoms with Crippen molar-refractivity contribution >= 4 is 40.5 Å². The first kappa shape index (κ1) is 11.0. The largest absolute Gasteiger partial charge is 0.396 e. The Morgan fingerprint density at radius 1 is 1.00 bits per heavy atom. The van der Waals surface area contributed by atoms with Crippen molar-refractivity contribution in [1.82, 2.24) is 9.97 Å². The number of nitrogens with zero attached hydrogens (tertiary/aromatic N) is 2. The first-order valence-corrected chi connectivity index (χ1v) is 5.20. The van der Waals surface area contributed by atoms with Gasteiger partial charge in [-0.05, 0) is 18.2 Å². The molecule has 0 bridgehead atoms. The second-order valence-corrected chi connectivity index (χ2v) is 4.00. The standard InChI is InChI=1S/C10H8Cl2N4/c11-6-1-7(12)3-9(2-6)16-10-14-4-8(13)5-15-10/h1-5H,13H2,(H,14,15,16). The van der Waals surface area contributed by atoms with Crippen LogP contribution in [0.25, 0.3) is 0 Å². The Labute approximate surface area is 102 Å². The minimum atomic E-state index is 0.438. The number of hydrogen-bond acceptors (Lipinski definition) is 4. The summed E-state index contributed by atoms with van der Waals surface area (Å²) in [6.45, 7) is 0. The van der Waals surface area contributed by atoms with E-state index in [0.717, 1.165) is 5.69 Å². The molecule has 0 aliphatic heterocycles. The number of nitrogen functional groups attached to an aromatic ring is 1. The molecule has 0 saturated carbocycles. The van der Waals surface area contributed by atoms with Gasteiger partial charge in [-0.25, -0.2) is 9.97 Å². The lowest BCUT2D eigenvalue weighted by Crippen LogP contribution is -1.97. The highest BCUT2D eigenvalue weighted by molar-refractivity contribution is 6.35. The molecule has 6 heteroatoms. The Kier molecular flexibility index (Phi) is 3.12. The molecule has 82 valence electrons. The molecule has 0 radical (unpaired) electrons. The summed E-state index contributed by atoms with van der Waals surface area (Å²) in [6, 6.07) is 5.11. The number of anilines is 3. The zero-order chi connectivity index (χ0) is 11.5. The summed E-state index contributed by atoms with van der Waals surface area (Å²) in [5, 5.41) is 4.06. The SMILES string of the molecule is Nc1cnc(Nc2cc(Cl)cc(Cl)c2)nc1. The van der Waals surface area contributed by atoms with Gasteiger partial charge in [0.1, 0.15) is 0 Å². The molecule has 0 saturated heterocycles. The van der Waals surface area contributed by atoms with Crippen LogP contribution in [0.5, 0.6) is 0 Å². The lowest BCUT2D eigenvalue weighted by Gasteiger charge is -2.05. The van der Waals surface area contributed by atoms with Crippen molar-refractivity contribution in [2.45, 2.75) is 0 Å². The van der Waals surface area contributed by atoms with E-state index in [2.05, 4.69) is 15.3 Å². The lowest BCUT2D eigenvalue weighted by molar-refractivity contribution is 1.17. The normalized spacial score (nSPS) is 10.1. The van der Waals surface area contributed by atoms with Gasteiger partial charge in [0.15, 0.2) is 0 Å². The molecular weight excluding hydrogens is 247 g/mol. The van der Waals surface area contributed by atoms with Crippen LogP contribution in [0, 0.1) is 0 Å². The van der Waals surface area contributed by atoms with Gasteiger partial charge in [0.2, 0.25) is 5.95 Å². The van der Waals surface area contributed by atoms with Gasteiger partial charge in [0, 0.05) is 15.7 Å². The number of hydrogen-bond donors (Lipinski definition) is 2. The summed E-state index contributed by atoms with van der Waals surface area (Å²) in [4.78, 5) is 8.00. The van der Waals surface area contributed by atoms with Crippen molar-refractivity contribution < 1.29 is 0 Å². The number of benzene rings is 1. The molecule has 0 atom stereocenters. The monoisotopic (exact) mass is 254 g/mol. The summed E-state index contributed by atoms with van der Waals surface area (Å²) >= 11 is 11.7. The molecular formula is C10H8Cl2N4. The third-order valence-corrected chi connectivity index (χ3v) is 2.23. The van der Waals surface area contributed by atoms with Crippen molar-refractivity contribution in [3.8, 4) is 0 Å². The Morgan fingerprint density at radius 3 is 2.12 bits per heavy atom. The van der Waals surface area contributed by atoms with Gasteiger partial charge >= 0.3 is 0 Å². The van der Waals surface area contributed by atoms with E-state index >= 15 is 0 Å². The average Bonchev–Trinajstić information content (AvgIpc) is 2.20. The Bertz CT molecular complexity index is 478.